The van der Waals surface area contributed by atoms with Gasteiger partial charge in [-0.3, -0.25) is 9.89 Å². The normalized spacial score (nSPS) is 16.8. The number of hydrogen-bond acceptors (Lipinski definition) is 6. The maximum atomic E-state index is 13.4. The van der Waals surface area contributed by atoms with Gasteiger partial charge in [-0.1, -0.05) is 12.1 Å². The number of nitrogens with one attached hydrogen (secondary N) is 1. The minimum absolute atomic E-state index is 0.0869. The van der Waals surface area contributed by atoms with Gasteiger partial charge >= 0.3 is 0 Å². The first kappa shape index (κ1) is 24.4. The van der Waals surface area contributed by atoms with Gasteiger partial charge in [-0.25, -0.2) is 8.42 Å². The molecular formula is C27H31N3O5S. The molecule has 2 aromatic carbocycles. The zero-order valence-electron chi connectivity index (χ0n) is 21.2. The van der Waals surface area contributed by atoms with Crippen molar-refractivity contribution < 1.29 is 22.7 Å². The van der Waals surface area contributed by atoms with Gasteiger partial charge in [-0.05, 0) is 58.0 Å². The Morgan fingerprint density at radius 2 is 1.83 bits per heavy atom. The molecule has 1 aromatic heterocycles. The highest BCUT2D eigenvalue weighted by Gasteiger charge is 2.46. The summed E-state index contributed by atoms with van der Waals surface area (Å²) in [6.45, 7) is 7.92. The summed E-state index contributed by atoms with van der Waals surface area (Å²) in [6, 6.07) is 12.5. The van der Waals surface area contributed by atoms with Crippen LogP contribution in [0.3, 0.4) is 0 Å². The lowest BCUT2D eigenvalue weighted by molar-refractivity contribution is -0.00203. The van der Waals surface area contributed by atoms with Crippen molar-refractivity contribution in [3.8, 4) is 22.8 Å². The van der Waals surface area contributed by atoms with E-state index >= 15 is 0 Å². The monoisotopic (exact) mass is 509 g/mol. The second-order valence-electron chi connectivity index (χ2n) is 10.4. The van der Waals surface area contributed by atoms with Crippen molar-refractivity contribution in [1.82, 2.24) is 15.1 Å². The third kappa shape index (κ3) is 3.68. The van der Waals surface area contributed by atoms with E-state index in [2.05, 4.69) is 10.2 Å². The van der Waals surface area contributed by atoms with E-state index in [1.54, 1.807) is 31.7 Å². The Labute approximate surface area is 211 Å². The van der Waals surface area contributed by atoms with Crippen molar-refractivity contribution in [3.05, 3.63) is 59.3 Å². The number of aromatic amines is 1. The molecule has 2 aliphatic rings. The minimum atomic E-state index is -3.63. The van der Waals surface area contributed by atoms with Crippen LogP contribution in [0.25, 0.3) is 11.3 Å². The number of para-hydroxylation sites is 1. The molecule has 8 nitrogen and oxygen atoms in total. The van der Waals surface area contributed by atoms with Crippen LogP contribution < -0.4 is 9.47 Å². The summed E-state index contributed by atoms with van der Waals surface area (Å²) in [5, 5.41) is 7.68. The number of likely N-dealkylation sites (tertiary alicyclic amines) is 1. The third-order valence-corrected chi connectivity index (χ3v) is 9.74. The Morgan fingerprint density at radius 1 is 1.14 bits per heavy atom. The maximum absolute atomic E-state index is 13.4. The molecule has 1 spiro atoms. The number of carbonyl (C=O) groups excluding carboxylic acids is 1. The largest absolute Gasteiger partial charge is 0.495 e. The van der Waals surface area contributed by atoms with E-state index < -0.39 is 20.2 Å². The Balaban J connectivity index is 1.40. The summed E-state index contributed by atoms with van der Waals surface area (Å²) in [4.78, 5) is 15.3. The number of fused-ring (bicyclic) bond motifs is 4. The first-order valence-corrected chi connectivity index (χ1v) is 13.5. The van der Waals surface area contributed by atoms with Crippen molar-refractivity contribution in [2.75, 3.05) is 20.2 Å². The lowest BCUT2D eigenvalue weighted by Gasteiger charge is -2.44. The average Bonchev–Trinajstić information content (AvgIpc) is 3.26. The number of carbonyl (C=O) groups is 1. The molecule has 0 saturated carbocycles. The predicted molar refractivity (Wildman–Crippen MR) is 136 cm³/mol. The molecular weight excluding hydrogens is 478 g/mol. The van der Waals surface area contributed by atoms with Gasteiger partial charge < -0.3 is 14.4 Å². The van der Waals surface area contributed by atoms with E-state index in [4.69, 9.17) is 9.47 Å². The van der Waals surface area contributed by atoms with Crippen molar-refractivity contribution >= 4 is 15.7 Å². The van der Waals surface area contributed by atoms with Crippen molar-refractivity contribution in [3.63, 3.8) is 0 Å². The van der Waals surface area contributed by atoms with E-state index in [0.29, 0.717) is 31.5 Å². The first-order chi connectivity index (χ1) is 17.0. The third-order valence-electron chi connectivity index (χ3n) is 7.21. The van der Waals surface area contributed by atoms with Gasteiger partial charge in [0, 0.05) is 48.3 Å². The van der Waals surface area contributed by atoms with Crippen LogP contribution in [0.15, 0.2) is 47.4 Å². The molecule has 0 bridgehead atoms. The van der Waals surface area contributed by atoms with Crippen LogP contribution in [0.5, 0.6) is 11.5 Å². The molecule has 9 heteroatoms. The lowest BCUT2D eigenvalue weighted by Crippen LogP contribution is -2.49. The van der Waals surface area contributed by atoms with E-state index in [9.17, 15) is 13.2 Å². The number of sulfone groups is 1. The van der Waals surface area contributed by atoms with Gasteiger partial charge in [0.1, 0.15) is 27.7 Å². The van der Waals surface area contributed by atoms with Crippen LogP contribution in [0, 0.1) is 6.92 Å². The predicted octanol–water partition coefficient (Wildman–Crippen LogP) is 4.49. The van der Waals surface area contributed by atoms with Crippen LogP contribution in [0.1, 0.15) is 55.2 Å². The molecule has 2 aliphatic heterocycles. The molecule has 36 heavy (non-hydrogen) atoms. The van der Waals surface area contributed by atoms with Crippen LogP contribution in [-0.2, 0) is 15.4 Å². The Hall–Kier alpha value is -3.33. The number of amides is 1. The number of ether oxygens (including phenoxy) is 2. The van der Waals surface area contributed by atoms with E-state index in [1.165, 1.54) is 19.2 Å². The molecule has 3 aromatic rings. The summed E-state index contributed by atoms with van der Waals surface area (Å²) in [5.41, 5.74) is 3.75. The molecule has 0 unspecified atom stereocenters. The van der Waals surface area contributed by atoms with E-state index in [1.807, 2.05) is 31.2 Å². The summed E-state index contributed by atoms with van der Waals surface area (Å²) >= 11 is 0. The molecule has 1 N–H and O–H groups in total. The number of H-pyrrole nitrogens is 1. The van der Waals surface area contributed by atoms with Crippen molar-refractivity contribution in [1.29, 1.82) is 0 Å². The Morgan fingerprint density at radius 3 is 2.50 bits per heavy atom. The molecule has 1 fully saturated rings. The van der Waals surface area contributed by atoms with Gasteiger partial charge in [0.15, 0.2) is 9.84 Å². The average molecular weight is 510 g/mol. The number of benzene rings is 2. The zero-order valence-corrected chi connectivity index (χ0v) is 22.0. The van der Waals surface area contributed by atoms with Gasteiger partial charge in [-0.2, -0.15) is 5.10 Å². The van der Waals surface area contributed by atoms with Gasteiger partial charge in [0.05, 0.1) is 11.9 Å². The highest BCUT2D eigenvalue weighted by molar-refractivity contribution is 7.92. The number of aromatic nitrogens is 2. The van der Waals surface area contributed by atoms with Crippen LogP contribution >= 0.6 is 0 Å². The van der Waals surface area contributed by atoms with E-state index in [-0.39, 0.29) is 16.6 Å². The van der Waals surface area contributed by atoms with E-state index in [0.717, 1.165) is 28.3 Å². The molecule has 0 aliphatic carbocycles. The molecule has 190 valence electrons. The van der Waals surface area contributed by atoms with Gasteiger partial charge in [0.2, 0.25) is 0 Å². The number of hydrogen-bond donors (Lipinski definition) is 1. The van der Waals surface area contributed by atoms with Gasteiger partial charge in [-0.15, -0.1) is 0 Å². The summed E-state index contributed by atoms with van der Waals surface area (Å²) < 4.78 is 37.0. The second kappa shape index (κ2) is 8.37. The number of nitrogens with zero attached hydrogens (tertiary/aromatic N) is 2. The van der Waals surface area contributed by atoms with Gasteiger partial charge in [0.25, 0.3) is 5.91 Å². The Kier molecular flexibility index (Phi) is 5.66. The number of aryl methyl sites for hydroxylation is 1. The van der Waals surface area contributed by atoms with Crippen LogP contribution in [0.4, 0.5) is 0 Å². The quantitative estimate of drug-likeness (QED) is 0.558. The Bertz CT molecular complexity index is 1440. The smallest absolute Gasteiger partial charge is 0.253 e. The summed E-state index contributed by atoms with van der Waals surface area (Å²) in [7, 11) is -2.22. The van der Waals surface area contributed by atoms with Crippen molar-refractivity contribution in [2.24, 2.45) is 0 Å². The fraction of sp³-hybridized carbons (Fsp3) is 0.407. The molecule has 3 heterocycles. The molecule has 1 saturated heterocycles. The zero-order chi connectivity index (χ0) is 25.9. The maximum Gasteiger partial charge on any atom is 0.253 e. The fourth-order valence-corrected chi connectivity index (χ4v) is 6.47. The topological polar surface area (TPSA) is 102 Å². The summed E-state index contributed by atoms with van der Waals surface area (Å²) in [5.74, 6) is 0.815. The highest BCUT2D eigenvalue weighted by Crippen LogP contribution is 2.50. The number of rotatable bonds is 3. The second-order valence-corrected chi connectivity index (χ2v) is 13.1. The SMILES string of the molecule is COc1cc(C(=O)N2CCC3(CC2)Oc2ccccc2-c2n[nH]c(C)c23)ccc1S(=O)(=O)C(C)(C)C. The molecule has 0 radical (unpaired) electrons. The van der Waals surface area contributed by atoms with Crippen LogP contribution in [0.2, 0.25) is 0 Å². The number of piperidine rings is 1. The van der Waals surface area contributed by atoms with Crippen molar-refractivity contribution in [2.45, 2.75) is 55.8 Å². The fourth-order valence-electron chi connectivity index (χ4n) is 5.15. The standard InChI is InChI=1S/C27H31N3O5S/c1-17-23-24(29-28-17)19-8-6-7-9-20(19)35-27(23)12-14-30(15-13-27)25(31)18-10-11-22(21(16-18)34-5)36(32,33)26(2,3)4/h6-11,16H,12-15H2,1-5H3,(H,28,29). The molecule has 5 rings (SSSR count). The van der Waals surface area contributed by atoms with Crippen LogP contribution in [-0.4, -0.2) is 54.4 Å². The lowest BCUT2D eigenvalue weighted by atomic mass is 9.79. The molecule has 1 amide bonds. The minimum Gasteiger partial charge on any atom is -0.495 e. The number of methoxy groups -OCH3 is 1. The summed E-state index contributed by atoms with van der Waals surface area (Å²) in [6.07, 6.45) is 1.24. The molecule has 0 atom stereocenters. The first-order valence-electron chi connectivity index (χ1n) is 12.0. The highest BCUT2D eigenvalue weighted by atomic mass is 32.2.